The van der Waals surface area contributed by atoms with Crippen molar-refractivity contribution in [2.75, 3.05) is 17.2 Å². The van der Waals surface area contributed by atoms with E-state index in [0.717, 1.165) is 35.2 Å². The van der Waals surface area contributed by atoms with E-state index in [9.17, 15) is 31.4 Å². The predicted octanol–water partition coefficient (Wildman–Crippen LogP) is 4.07. The summed E-state index contributed by atoms with van der Waals surface area (Å²) in [5.74, 6) is -1.54. The van der Waals surface area contributed by atoms with Crippen molar-refractivity contribution in [3.05, 3.63) is 59.4 Å². The third-order valence-corrected chi connectivity index (χ3v) is 6.44. The number of hydrogen-bond acceptors (Lipinski definition) is 4. The van der Waals surface area contributed by atoms with E-state index in [2.05, 4.69) is 0 Å². The van der Waals surface area contributed by atoms with Gasteiger partial charge in [-0.05, 0) is 50.2 Å². The number of halogens is 4. The SMILES string of the molecule is CC1(C)C(=O)N(c2cccc(C#N)c2C(F)(F)F)C(=O)N1CCS(=O)c1ccc(F)cc1. The maximum absolute atomic E-state index is 13.7. The molecule has 0 aromatic heterocycles. The van der Waals surface area contributed by atoms with Gasteiger partial charge in [-0.2, -0.15) is 18.4 Å². The Labute approximate surface area is 183 Å². The number of nitrogens with zero attached hydrogens (tertiary/aromatic N) is 3. The van der Waals surface area contributed by atoms with E-state index in [1.807, 2.05) is 0 Å². The summed E-state index contributed by atoms with van der Waals surface area (Å²) in [5, 5.41) is 9.10. The third kappa shape index (κ3) is 4.10. The van der Waals surface area contributed by atoms with Gasteiger partial charge in [0.25, 0.3) is 5.91 Å². The molecule has 1 aliphatic rings. The summed E-state index contributed by atoms with van der Waals surface area (Å²) in [6.07, 6.45) is -4.98. The number of rotatable bonds is 5. The summed E-state index contributed by atoms with van der Waals surface area (Å²) in [6.45, 7) is 2.54. The molecule has 11 heteroatoms. The van der Waals surface area contributed by atoms with Crippen LogP contribution in [0.1, 0.15) is 25.0 Å². The van der Waals surface area contributed by atoms with Crippen LogP contribution >= 0.6 is 0 Å². The van der Waals surface area contributed by atoms with Gasteiger partial charge in [0.2, 0.25) is 0 Å². The van der Waals surface area contributed by atoms with Crippen LogP contribution in [0.5, 0.6) is 0 Å². The minimum atomic E-state index is -4.98. The minimum Gasteiger partial charge on any atom is -0.309 e. The van der Waals surface area contributed by atoms with Gasteiger partial charge in [0.15, 0.2) is 0 Å². The van der Waals surface area contributed by atoms with Crippen LogP contribution in [0, 0.1) is 17.1 Å². The van der Waals surface area contributed by atoms with Gasteiger partial charge >= 0.3 is 12.2 Å². The summed E-state index contributed by atoms with van der Waals surface area (Å²) in [6, 6.07) is 8.39. The van der Waals surface area contributed by atoms with Crippen LogP contribution in [0.3, 0.4) is 0 Å². The Morgan fingerprint density at radius 3 is 2.28 bits per heavy atom. The van der Waals surface area contributed by atoms with Crippen molar-refractivity contribution in [3.8, 4) is 6.07 Å². The van der Waals surface area contributed by atoms with Crippen molar-refractivity contribution in [1.82, 2.24) is 4.90 Å². The second kappa shape index (κ2) is 8.35. The van der Waals surface area contributed by atoms with Gasteiger partial charge in [0.1, 0.15) is 11.4 Å². The lowest BCUT2D eigenvalue weighted by Crippen LogP contribution is -2.45. The lowest BCUT2D eigenvalue weighted by Gasteiger charge is -2.27. The molecule has 6 nitrogen and oxygen atoms in total. The molecule has 1 fully saturated rings. The summed E-state index contributed by atoms with van der Waals surface area (Å²) < 4.78 is 66.6. The highest BCUT2D eigenvalue weighted by Crippen LogP contribution is 2.42. The molecule has 0 spiro atoms. The number of nitriles is 1. The maximum atomic E-state index is 13.7. The van der Waals surface area contributed by atoms with E-state index in [1.165, 1.54) is 32.0 Å². The molecule has 2 aromatic rings. The molecule has 1 unspecified atom stereocenters. The molecule has 0 bridgehead atoms. The number of anilines is 1. The Morgan fingerprint density at radius 1 is 1.09 bits per heavy atom. The van der Waals surface area contributed by atoms with Crippen molar-refractivity contribution < 1.29 is 31.4 Å². The van der Waals surface area contributed by atoms with Crippen molar-refractivity contribution in [2.45, 2.75) is 30.5 Å². The van der Waals surface area contributed by atoms with E-state index in [4.69, 9.17) is 5.26 Å². The molecule has 2 aromatic carbocycles. The molecule has 3 rings (SSSR count). The van der Waals surface area contributed by atoms with Crippen LogP contribution in [0.2, 0.25) is 0 Å². The van der Waals surface area contributed by atoms with Crippen molar-refractivity contribution in [2.24, 2.45) is 0 Å². The van der Waals surface area contributed by atoms with Gasteiger partial charge in [-0.1, -0.05) is 6.07 Å². The number of urea groups is 1. The van der Waals surface area contributed by atoms with Crippen molar-refractivity contribution >= 4 is 28.4 Å². The first kappa shape index (κ1) is 23.4. The fraction of sp³-hybridized carbons (Fsp3) is 0.286. The summed E-state index contributed by atoms with van der Waals surface area (Å²) in [7, 11) is -1.64. The number of benzene rings is 2. The standard InChI is InChI=1S/C21H17F4N3O3S/c1-20(2)18(29)28(16-5-3-4-13(12-26)17(16)21(23,24)25)19(30)27(20)10-11-32(31)15-8-6-14(22)7-9-15/h3-9H,10-11H2,1-2H3. The molecular formula is C21H17F4N3O3S. The summed E-state index contributed by atoms with van der Waals surface area (Å²) in [5.41, 5.74) is -4.35. The molecule has 3 amide bonds. The van der Waals surface area contributed by atoms with Crippen LogP contribution in [-0.4, -0.2) is 38.9 Å². The number of hydrogen-bond donors (Lipinski definition) is 0. The molecule has 0 radical (unpaired) electrons. The first-order valence-corrected chi connectivity index (χ1v) is 10.6. The zero-order valence-electron chi connectivity index (χ0n) is 16.9. The Morgan fingerprint density at radius 2 is 1.72 bits per heavy atom. The van der Waals surface area contributed by atoms with Crippen LogP contribution in [-0.2, 0) is 21.8 Å². The minimum absolute atomic E-state index is 0.119. The maximum Gasteiger partial charge on any atom is 0.419 e. The zero-order chi connectivity index (χ0) is 23.8. The Kier molecular flexibility index (Phi) is 6.11. The molecule has 1 heterocycles. The van der Waals surface area contributed by atoms with E-state index in [0.29, 0.717) is 9.80 Å². The van der Waals surface area contributed by atoms with Crippen molar-refractivity contribution in [1.29, 1.82) is 5.26 Å². The molecule has 0 N–H and O–H groups in total. The van der Waals surface area contributed by atoms with Gasteiger partial charge in [-0.25, -0.2) is 14.1 Å². The highest BCUT2D eigenvalue weighted by atomic mass is 32.2. The third-order valence-electron chi connectivity index (χ3n) is 5.09. The number of carbonyl (C=O) groups is 2. The molecule has 32 heavy (non-hydrogen) atoms. The second-order valence-corrected chi connectivity index (χ2v) is 9.02. The number of alkyl halides is 3. The van der Waals surface area contributed by atoms with Crippen LogP contribution in [0.4, 0.5) is 28.0 Å². The molecule has 1 saturated heterocycles. The predicted molar refractivity (Wildman–Crippen MR) is 108 cm³/mol. The first-order chi connectivity index (χ1) is 14.9. The van der Waals surface area contributed by atoms with E-state index in [1.54, 1.807) is 0 Å². The Bertz CT molecular complexity index is 1140. The lowest BCUT2D eigenvalue weighted by molar-refractivity contribution is -0.137. The average molecular weight is 467 g/mol. The van der Waals surface area contributed by atoms with Gasteiger partial charge < -0.3 is 4.90 Å². The van der Waals surface area contributed by atoms with E-state index in [-0.39, 0.29) is 12.3 Å². The number of amides is 3. The largest absolute Gasteiger partial charge is 0.419 e. The van der Waals surface area contributed by atoms with E-state index < -0.39 is 57.1 Å². The zero-order valence-corrected chi connectivity index (χ0v) is 17.8. The first-order valence-electron chi connectivity index (χ1n) is 9.30. The summed E-state index contributed by atoms with van der Waals surface area (Å²) in [4.78, 5) is 27.8. The van der Waals surface area contributed by atoms with E-state index >= 15 is 0 Å². The average Bonchev–Trinajstić information content (AvgIpc) is 2.89. The monoisotopic (exact) mass is 467 g/mol. The highest BCUT2D eigenvalue weighted by Gasteiger charge is 2.53. The second-order valence-electron chi connectivity index (χ2n) is 7.45. The molecular weight excluding hydrogens is 450 g/mol. The summed E-state index contributed by atoms with van der Waals surface area (Å²) >= 11 is 0. The van der Waals surface area contributed by atoms with Gasteiger partial charge in [-0.3, -0.25) is 9.00 Å². The fourth-order valence-corrected chi connectivity index (χ4v) is 4.44. The molecule has 1 aliphatic heterocycles. The normalized spacial score (nSPS) is 16.9. The lowest BCUT2D eigenvalue weighted by atomic mass is 10.0. The molecule has 168 valence electrons. The Balaban J connectivity index is 1.93. The topological polar surface area (TPSA) is 81.5 Å². The molecule has 0 aliphatic carbocycles. The highest BCUT2D eigenvalue weighted by molar-refractivity contribution is 7.85. The van der Waals surface area contributed by atoms with Gasteiger partial charge in [0.05, 0.1) is 33.7 Å². The molecule has 1 atom stereocenters. The van der Waals surface area contributed by atoms with Crippen molar-refractivity contribution in [3.63, 3.8) is 0 Å². The van der Waals surface area contributed by atoms with Gasteiger partial charge in [0, 0.05) is 17.2 Å². The number of carbonyl (C=O) groups excluding carboxylic acids is 2. The number of imide groups is 1. The van der Waals surface area contributed by atoms with Crippen LogP contribution < -0.4 is 4.90 Å². The smallest absolute Gasteiger partial charge is 0.309 e. The van der Waals surface area contributed by atoms with Gasteiger partial charge in [-0.15, -0.1) is 0 Å². The quantitative estimate of drug-likeness (QED) is 0.490. The molecule has 0 saturated carbocycles. The van der Waals surface area contributed by atoms with Crippen LogP contribution in [0.15, 0.2) is 47.4 Å². The Hall–Kier alpha value is -3.26. The van der Waals surface area contributed by atoms with Crippen LogP contribution in [0.25, 0.3) is 0 Å². The fourth-order valence-electron chi connectivity index (χ4n) is 3.42.